The lowest BCUT2D eigenvalue weighted by Gasteiger charge is -2.27. The predicted octanol–water partition coefficient (Wildman–Crippen LogP) is -1.03. The highest BCUT2D eigenvalue weighted by Crippen LogP contribution is 2.12. The minimum Gasteiger partial charge on any atom is -0.508 e. The third kappa shape index (κ3) is 10.2. The standard InChI is InChI=1S/C24H39N5O7/c1-13(2)19(26)22(33)27-17(6-4-5-11-25)21(32)29-20(14(3)30)23(34)28-18(24(35)36)12-15-7-9-16(31)10-8-15/h7-10,13-14,17-20,30-31H,4-6,11-12,25-26H2,1-3H3,(H,27,33)(H,28,34)(H,29,32)(H,35,36). The van der Waals surface area contributed by atoms with Gasteiger partial charge in [0.25, 0.3) is 0 Å². The first-order chi connectivity index (χ1) is 16.9. The van der Waals surface area contributed by atoms with Gasteiger partial charge in [-0.1, -0.05) is 26.0 Å². The summed E-state index contributed by atoms with van der Waals surface area (Å²) in [7, 11) is 0. The molecular weight excluding hydrogens is 470 g/mol. The molecule has 0 aliphatic rings. The molecule has 1 rings (SSSR count). The molecule has 202 valence electrons. The number of nitrogens with two attached hydrogens (primary N) is 2. The quantitative estimate of drug-likeness (QED) is 0.135. The molecule has 1 aromatic rings. The van der Waals surface area contributed by atoms with Crippen molar-refractivity contribution in [1.82, 2.24) is 16.0 Å². The number of aliphatic hydroxyl groups is 1. The van der Waals surface area contributed by atoms with Crippen LogP contribution in [-0.2, 0) is 25.6 Å². The van der Waals surface area contributed by atoms with E-state index < -0.39 is 54.0 Å². The first kappa shape index (κ1) is 30.8. The van der Waals surface area contributed by atoms with Gasteiger partial charge >= 0.3 is 5.97 Å². The number of carbonyl (C=O) groups excluding carboxylic acids is 3. The summed E-state index contributed by atoms with van der Waals surface area (Å²) in [5.41, 5.74) is 11.9. The number of aliphatic hydroxyl groups excluding tert-OH is 1. The number of hydrogen-bond donors (Lipinski definition) is 8. The van der Waals surface area contributed by atoms with Crippen LogP contribution in [0.1, 0.15) is 45.6 Å². The predicted molar refractivity (Wildman–Crippen MR) is 133 cm³/mol. The van der Waals surface area contributed by atoms with Crippen LogP contribution in [0.25, 0.3) is 0 Å². The van der Waals surface area contributed by atoms with Gasteiger partial charge in [0.1, 0.15) is 23.9 Å². The van der Waals surface area contributed by atoms with E-state index in [1.165, 1.54) is 31.2 Å². The molecule has 0 aliphatic heterocycles. The maximum atomic E-state index is 13.0. The molecule has 0 fully saturated rings. The van der Waals surface area contributed by atoms with E-state index in [0.717, 1.165) is 0 Å². The number of amides is 3. The van der Waals surface area contributed by atoms with Crippen LogP contribution in [0.5, 0.6) is 5.75 Å². The van der Waals surface area contributed by atoms with Gasteiger partial charge in [-0.15, -0.1) is 0 Å². The van der Waals surface area contributed by atoms with Gasteiger partial charge in [0, 0.05) is 6.42 Å². The zero-order chi connectivity index (χ0) is 27.4. The Morgan fingerprint density at radius 2 is 1.47 bits per heavy atom. The number of benzene rings is 1. The van der Waals surface area contributed by atoms with E-state index in [-0.39, 0.29) is 24.5 Å². The smallest absolute Gasteiger partial charge is 0.326 e. The zero-order valence-electron chi connectivity index (χ0n) is 20.9. The lowest BCUT2D eigenvalue weighted by Crippen LogP contribution is -2.60. The highest BCUT2D eigenvalue weighted by molar-refractivity contribution is 5.94. The molecule has 0 aromatic heterocycles. The third-order valence-electron chi connectivity index (χ3n) is 5.65. The maximum absolute atomic E-state index is 13.0. The fraction of sp³-hybridized carbons (Fsp3) is 0.583. The molecule has 0 heterocycles. The van der Waals surface area contributed by atoms with Crippen molar-refractivity contribution in [2.45, 2.75) is 76.7 Å². The molecule has 3 amide bonds. The molecule has 36 heavy (non-hydrogen) atoms. The minimum atomic E-state index is -1.48. The second-order valence-electron chi connectivity index (χ2n) is 9.11. The summed E-state index contributed by atoms with van der Waals surface area (Å²) in [5, 5.41) is 36.5. The molecule has 5 unspecified atom stereocenters. The van der Waals surface area contributed by atoms with E-state index in [1.807, 2.05) is 0 Å². The summed E-state index contributed by atoms with van der Waals surface area (Å²) >= 11 is 0. The van der Waals surface area contributed by atoms with Crippen LogP contribution >= 0.6 is 0 Å². The summed E-state index contributed by atoms with van der Waals surface area (Å²) in [4.78, 5) is 50.1. The van der Waals surface area contributed by atoms with Gasteiger partial charge < -0.3 is 42.7 Å². The van der Waals surface area contributed by atoms with Crippen LogP contribution in [0.3, 0.4) is 0 Å². The molecule has 0 spiro atoms. The van der Waals surface area contributed by atoms with E-state index in [4.69, 9.17) is 11.5 Å². The third-order valence-corrected chi connectivity index (χ3v) is 5.65. The monoisotopic (exact) mass is 509 g/mol. The van der Waals surface area contributed by atoms with Gasteiger partial charge in [0.2, 0.25) is 17.7 Å². The number of hydrogen-bond acceptors (Lipinski definition) is 8. The highest BCUT2D eigenvalue weighted by Gasteiger charge is 2.33. The Kier molecular flexibility index (Phi) is 12.9. The van der Waals surface area contributed by atoms with Crippen molar-refractivity contribution < 1.29 is 34.5 Å². The van der Waals surface area contributed by atoms with Crippen molar-refractivity contribution in [3.05, 3.63) is 29.8 Å². The van der Waals surface area contributed by atoms with Crippen molar-refractivity contribution in [1.29, 1.82) is 0 Å². The number of rotatable bonds is 15. The Morgan fingerprint density at radius 3 is 1.97 bits per heavy atom. The number of carbonyl (C=O) groups is 4. The molecule has 0 radical (unpaired) electrons. The van der Waals surface area contributed by atoms with Gasteiger partial charge in [-0.2, -0.15) is 0 Å². The average Bonchev–Trinajstić information content (AvgIpc) is 2.81. The van der Waals surface area contributed by atoms with Crippen molar-refractivity contribution >= 4 is 23.7 Å². The zero-order valence-corrected chi connectivity index (χ0v) is 20.9. The SMILES string of the molecule is CC(C)C(N)C(=O)NC(CCCCN)C(=O)NC(C(=O)NC(Cc1ccc(O)cc1)C(=O)O)C(C)O. The second-order valence-corrected chi connectivity index (χ2v) is 9.11. The molecule has 0 saturated heterocycles. The summed E-state index contributed by atoms with van der Waals surface area (Å²) in [5.74, 6) is -3.64. The number of phenolic OH excluding ortho intramolecular Hbond substituents is 1. The number of aliphatic carboxylic acids is 1. The lowest BCUT2D eigenvalue weighted by molar-refractivity contribution is -0.143. The molecule has 10 N–H and O–H groups in total. The first-order valence-electron chi connectivity index (χ1n) is 11.9. The van der Waals surface area contributed by atoms with Crippen LogP contribution in [0.2, 0.25) is 0 Å². The molecule has 0 aliphatic carbocycles. The average molecular weight is 510 g/mol. The number of carboxylic acid groups (broad SMARTS) is 1. The number of nitrogens with one attached hydrogen (secondary N) is 3. The van der Waals surface area contributed by atoms with Crippen LogP contribution < -0.4 is 27.4 Å². The summed E-state index contributed by atoms with van der Waals surface area (Å²) in [6.45, 7) is 5.19. The first-order valence-corrected chi connectivity index (χ1v) is 11.9. The number of carboxylic acids is 1. The van der Waals surface area contributed by atoms with E-state index in [0.29, 0.717) is 24.9 Å². The van der Waals surface area contributed by atoms with E-state index >= 15 is 0 Å². The number of unbranched alkanes of at least 4 members (excludes halogenated alkanes) is 1. The Morgan fingerprint density at radius 1 is 0.889 bits per heavy atom. The fourth-order valence-corrected chi connectivity index (χ4v) is 3.32. The van der Waals surface area contributed by atoms with Crippen LogP contribution in [0.15, 0.2) is 24.3 Å². The Labute approximate surface area is 210 Å². The van der Waals surface area contributed by atoms with Crippen LogP contribution in [-0.4, -0.2) is 75.8 Å². The molecule has 12 nitrogen and oxygen atoms in total. The van der Waals surface area contributed by atoms with Crippen molar-refractivity contribution in [2.75, 3.05) is 6.54 Å². The Balaban J connectivity index is 2.97. The van der Waals surface area contributed by atoms with E-state index in [2.05, 4.69) is 16.0 Å². The largest absolute Gasteiger partial charge is 0.508 e. The highest BCUT2D eigenvalue weighted by atomic mass is 16.4. The topological polar surface area (TPSA) is 217 Å². The van der Waals surface area contributed by atoms with E-state index in [9.17, 15) is 34.5 Å². The van der Waals surface area contributed by atoms with Crippen molar-refractivity contribution in [3.8, 4) is 5.75 Å². The number of phenols is 1. The summed E-state index contributed by atoms with van der Waals surface area (Å²) in [6.07, 6.45) is -0.104. The molecular formula is C24H39N5O7. The molecule has 0 saturated carbocycles. The molecule has 0 bridgehead atoms. The van der Waals surface area contributed by atoms with Gasteiger partial charge in [-0.3, -0.25) is 14.4 Å². The Hall–Kier alpha value is -3.22. The molecule has 1 aromatic carbocycles. The Bertz CT molecular complexity index is 876. The van der Waals surface area contributed by atoms with Gasteiger partial charge in [-0.05, 0) is 56.3 Å². The molecule has 5 atom stereocenters. The minimum absolute atomic E-state index is 0.00833. The second kappa shape index (κ2) is 15.0. The number of aromatic hydroxyl groups is 1. The lowest BCUT2D eigenvalue weighted by atomic mass is 10.0. The van der Waals surface area contributed by atoms with Crippen molar-refractivity contribution in [3.63, 3.8) is 0 Å². The summed E-state index contributed by atoms with van der Waals surface area (Å²) in [6, 6.07) is 1.09. The maximum Gasteiger partial charge on any atom is 0.326 e. The van der Waals surface area contributed by atoms with Crippen molar-refractivity contribution in [2.24, 2.45) is 17.4 Å². The van der Waals surface area contributed by atoms with Gasteiger partial charge in [-0.25, -0.2) is 4.79 Å². The van der Waals surface area contributed by atoms with Gasteiger partial charge in [0.15, 0.2) is 0 Å². The van der Waals surface area contributed by atoms with Crippen LogP contribution in [0.4, 0.5) is 0 Å². The van der Waals surface area contributed by atoms with Gasteiger partial charge in [0.05, 0.1) is 12.1 Å². The molecule has 12 heteroatoms. The normalized spacial score (nSPS) is 15.3. The summed E-state index contributed by atoms with van der Waals surface area (Å²) < 4.78 is 0. The van der Waals surface area contributed by atoms with Crippen LogP contribution in [0, 0.1) is 5.92 Å². The fourth-order valence-electron chi connectivity index (χ4n) is 3.32. The van der Waals surface area contributed by atoms with E-state index in [1.54, 1.807) is 13.8 Å².